The first-order valence-corrected chi connectivity index (χ1v) is 6.42. The number of carbonyl (C=O) groups is 1. The van der Waals surface area contributed by atoms with Gasteiger partial charge in [0.15, 0.2) is 0 Å². The van der Waals surface area contributed by atoms with Gasteiger partial charge in [0, 0.05) is 26.5 Å². The molecule has 21 heavy (non-hydrogen) atoms. The molecule has 0 unspecified atom stereocenters. The van der Waals surface area contributed by atoms with Gasteiger partial charge in [-0.15, -0.1) is 0 Å². The zero-order valence-corrected chi connectivity index (χ0v) is 11.8. The van der Waals surface area contributed by atoms with Gasteiger partial charge in [-0.25, -0.2) is 4.98 Å². The van der Waals surface area contributed by atoms with Crippen molar-refractivity contribution in [2.24, 2.45) is 7.05 Å². The number of aromatic amines is 1. The molecule has 3 aromatic rings. The molecule has 3 aromatic heterocycles. The second-order valence-electron chi connectivity index (χ2n) is 4.69. The predicted molar refractivity (Wildman–Crippen MR) is 74.7 cm³/mol. The lowest BCUT2D eigenvalue weighted by Gasteiger charge is -2.16. The largest absolute Gasteiger partial charge is 0.334 e. The minimum Gasteiger partial charge on any atom is -0.334 e. The summed E-state index contributed by atoms with van der Waals surface area (Å²) < 4.78 is 3.54. The normalized spacial score (nSPS) is 10.8. The molecular formula is C13H15N7O. The highest BCUT2D eigenvalue weighted by Crippen LogP contribution is 2.16. The summed E-state index contributed by atoms with van der Waals surface area (Å²) in [7, 11) is 3.53. The van der Waals surface area contributed by atoms with Crippen LogP contribution in [0.4, 0.5) is 0 Å². The lowest BCUT2D eigenvalue weighted by atomic mass is 10.2. The lowest BCUT2D eigenvalue weighted by molar-refractivity contribution is 0.0781. The van der Waals surface area contributed by atoms with E-state index in [1.165, 1.54) is 6.33 Å². The van der Waals surface area contributed by atoms with Gasteiger partial charge in [0.2, 0.25) is 0 Å². The Bertz CT molecular complexity index is 727. The van der Waals surface area contributed by atoms with E-state index in [0.717, 1.165) is 5.82 Å². The lowest BCUT2D eigenvalue weighted by Crippen LogP contribution is -2.27. The van der Waals surface area contributed by atoms with Crippen LogP contribution in [-0.2, 0) is 13.6 Å². The number of aryl methyl sites for hydroxylation is 1. The van der Waals surface area contributed by atoms with Crippen molar-refractivity contribution >= 4 is 5.91 Å². The fourth-order valence-corrected chi connectivity index (χ4v) is 2.17. The first-order chi connectivity index (χ1) is 10.2. The molecule has 0 radical (unpaired) electrons. The second kappa shape index (κ2) is 5.23. The number of H-pyrrole nitrogens is 1. The Balaban J connectivity index is 1.88. The number of amides is 1. The first-order valence-electron chi connectivity index (χ1n) is 6.42. The maximum absolute atomic E-state index is 12.6. The van der Waals surface area contributed by atoms with E-state index < -0.39 is 0 Å². The summed E-state index contributed by atoms with van der Waals surface area (Å²) in [5.41, 5.74) is 0.538. The first kappa shape index (κ1) is 13.1. The molecule has 0 spiro atoms. The molecule has 0 atom stereocenters. The van der Waals surface area contributed by atoms with Gasteiger partial charge in [-0.05, 0) is 12.1 Å². The van der Waals surface area contributed by atoms with Crippen molar-refractivity contribution in [2.45, 2.75) is 6.54 Å². The third-order valence-electron chi connectivity index (χ3n) is 3.19. The van der Waals surface area contributed by atoms with Crippen LogP contribution >= 0.6 is 0 Å². The molecule has 0 aliphatic rings. The number of aromatic nitrogens is 6. The van der Waals surface area contributed by atoms with Gasteiger partial charge in [0.25, 0.3) is 5.91 Å². The predicted octanol–water partition coefficient (Wildman–Crippen LogP) is 0.601. The molecule has 0 aliphatic heterocycles. The van der Waals surface area contributed by atoms with E-state index in [1.54, 1.807) is 22.8 Å². The standard InChI is InChI=1S/C13H15N7O/c1-18(8-11-14-9-15-17-11)13(21)10-7-16-19(2)12(10)20-5-3-4-6-20/h3-7,9H,8H2,1-2H3,(H,14,15,17). The molecule has 0 aliphatic carbocycles. The van der Waals surface area contributed by atoms with Gasteiger partial charge >= 0.3 is 0 Å². The van der Waals surface area contributed by atoms with Crippen molar-refractivity contribution in [2.75, 3.05) is 7.05 Å². The summed E-state index contributed by atoms with van der Waals surface area (Å²) in [5, 5.41) is 10.7. The Morgan fingerprint density at radius 3 is 2.81 bits per heavy atom. The summed E-state index contributed by atoms with van der Waals surface area (Å²) >= 11 is 0. The fourth-order valence-electron chi connectivity index (χ4n) is 2.17. The molecule has 0 bridgehead atoms. The maximum atomic E-state index is 12.6. The van der Waals surface area contributed by atoms with Crippen LogP contribution in [0.5, 0.6) is 0 Å². The topological polar surface area (TPSA) is 84.6 Å². The van der Waals surface area contributed by atoms with Gasteiger partial charge in [0.1, 0.15) is 23.5 Å². The Morgan fingerprint density at radius 1 is 1.38 bits per heavy atom. The summed E-state index contributed by atoms with van der Waals surface area (Å²) in [6, 6.07) is 3.80. The highest BCUT2D eigenvalue weighted by Gasteiger charge is 2.21. The summed E-state index contributed by atoms with van der Waals surface area (Å²) in [6.07, 6.45) is 6.76. The Labute approximate surface area is 121 Å². The molecule has 3 rings (SSSR count). The number of rotatable bonds is 4. The van der Waals surface area contributed by atoms with Crippen LogP contribution in [-0.4, -0.2) is 47.4 Å². The Morgan fingerprint density at radius 2 is 2.14 bits per heavy atom. The average Bonchev–Trinajstić information content (AvgIpc) is 3.18. The molecule has 0 saturated carbocycles. The van der Waals surface area contributed by atoms with Crippen LogP contribution in [0.3, 0.4) is 0 Å². The average molecular weight is 285 g/mol. The van der Waals surface area contributed by atoms with Crippen molar-refractivity contribution in [3.8, 4) is 5.82 Å². The van der Waals surface area contributed by atoms with Crippen molar-refractivity contribution in [3.63, 3.8) is 0 Å². The van der Waals surface area contributed by atoms with Crippen LogP contribution in [0, 0.1) is 0 Å². The summed E-state index contributed by atoms with van der Waals surface area (Å²) in [6.45, 7) is 0.360. The second-order valence-corrected chi connectivity index (χ2v) is 4.69. The van der Waals surface area contributed by atoms with Crippen molar-refractivity contribution in [1.82, 2.24) is 34.4 Å². The van der Waals surface area contributed by atoms with Crippen LogP contribution in [0.25, 0.3) is 5.82 Å². The van der Waals surface area contributed by atoms with Crippen molar-refractivity contribution in [1.29, 1.82) is 0 Å². The van der Waals surface area contributed by atoms with E-state index in [-0.39, 0.29) is 5.91 Å². The minimum atomic E-state index is -0.122. The van der Waals surface area contributed by atoms with E-state index in [1.807, 2.05) is 36.1 Å². The number of nitrogens with zero attached hydrogens (tertiary/aromatic N) is 6. The maximum Gasteiger partial charge on any atom is 0.259 e. The number of carbonyl (C=O) groups excluding carboxylic acids is 1. The highest BCUT2D eigenvalue weighted by atomic mass is 16.2. The third-order valence-corrected chi connectivity index (χ3v) is 3.19. The molecule has 0 saturated heterocycles. The zero-order valence-electron chi connectivity index (χ0n) is 11.8. The van der Waals surface area contributed by atoms with E-state index in [2.05, 4.69) is 20.3 Å². The Hall–Kier alpha value is -2.90. The van der Waals surface area contributed by atoms with Gasteiger partial charge < -0.3 is 9.47 Å². The van der Waals surface area contributed by atoms with Gasteiger partial charge in [-0.1, -0.05) is 0 Å². The molecule has 8 nitrogen and oxygen atoms in total. The number of nitrogens with one attached hydrogen (secondary N) is 1. The molecule has 1 amide bonds. The van der Waals surface area contributed by atoms with Gasteiger partial charge in [0.05, 0.1) is 12.7 Å². The van der Waals surface area contributed by atoms with Crippen molar-refractivity contribution in [3.05, 3.63) is 48.4 Å². The molecule has 3 heterocycles. The quantitative estimate of drug-likeness (QED) is 0.760. The SMILES string of the molecule is CN(Cc1ncn[nH]1)C(=O)c1cnn(C)c1-n1cccc1. The molecule has 8 heteroatoms. The van der Waals surface area contributed by atoms with E-state index >= 15 is 0 Å². The molecule has 108 valence electrons. The minimum absolute atomic E-state index is 0.122. The number of hydrogen-bond donors (Lipinski definition) is 1. The summed E-state index contributed by atoms with van der Waals surface area (Å²) in [5.74, 6) is 1.25. The molecular weight excluding hydrogens is 270 g/mol. The molecule has 0 aromatic carbocycles. The van der Waals surface area contributed by atoms with Gasteiger partial charge in [-0.3, -0.25) is 14.6 Å². The molecule has 0 fully saturated rings. The van der Waals surface area contributed by atoms with E-state index in [9.17, 15) is 4.79 Å². The van der Waals surface area contributed by atoms with Crippen LogP contribution < -0.4 is 0 Å². The highest BCUT2D eigenvalue weighted by molar-refractivity contribution is 5.96. The monoisotopic (exact) mass is 285 g/mol. The smallest absolute Gasteiger partial charge is 0.259 e. The fraction of sp³-hybridized carbons (Fsp3) is 0.231. The van der Waals surface area contributed by atoms with Crippen LogP contribution in [0.2, 0.25) is 0 Å². The van der Waals surface area contributed by atoms with Crippen LogP contribution in [0.15, 0.2) is 37.1 Å². The summed E-state index contributed by atoms with van der Waals surface area (Å²) in [4.78, 5) is 18.2. The Kier molecular flexibility index (Phi) is 3.27. The van der Waals surface area contributed by atoms with Crippen LogP contribution in [0.1, 0.15) is 16.2 Å². The third kappa shape index (κ3) is 2.42. The number of hydrogen-bond acceptors (Lipinski definition) is 4. The van der Waals surface area contributed by atoms with Gasteiger partial charge in [-0.2, -0.15) is 10.2 Å². The van der Waals surface area contributed by atoms with E-state index in [4.69, 9.17) is 0 Å². The zero-order chi connectivity index (χ0) is 14.8. The molecule has 1 N–H and O–H groups in total. The van der Waals surface area contributed by atoms with E-state index in [0.29, 0.717) is 17.9 Å². The van der Waals surface area contributed by atoms with Crippen molar-refractivity contribution < 1.29 is 4.79 Å².